The Kier molecular flexibility index (Phi) is 6.02. The number of amides is 1. The van der Waals surface area contributed by atoms with Gasteiger partial charge < -0.3 is 15.0 Å². The van der Waals surface area contributed by atoms with Crippen LogP contribution < -0.4 is 10.1 Å². The molecule has 2 heterocycles. The van der Waals surface area contributed by atoms with E-state index in [1.807, 2.05) is 31.2 Å². The van der Waals surface area contributed by atoms with Crippen molar-refractivity contribution in [2.45, 2.75) is 37.5 Å². The smallest absolute Gasteiger partial charge is 0.255 e. The van der Waals surface area contributed by atoms with Gasteiger partial charge in [0.05, 0.1) is 7.11 Å². The minimum absolute atomic E-state index is 0.0289. The van der Waals surface area contributed by atoms with Crippen molar-refractivity contribution in [3.05, 3.63) is 53.7 Å². The molecule has 4 rings (SSSR count). The van der Waals surface area contributed by atoms with Gasteiger partial charge in [-0.05, 0) is 62.2 Å². The van der Waals surface area contributed by atoms with E-state index in [0.717, 1.165) is 42.3 Å². The normalized spacial score (nSPS) is 15.5. The fourth-order valence-corrected chi connectivity index (χ4v) is 5.70. The van der Waals surface area contributed by atoms with E-state index in [1.54, 1.807) is 12.1 Å². The molecule has 0 aliphatic carbocycles. The topological polar surface area (TPSA) is 91.5 Å². The minimum atomic E-state index is -3.76. The Labute approximate surface area is 182 Å². The minimum Gasteiger partial charge on any atom is -0.495 e. The van der Waals surface area contributed by atoms with Crippen LogP contribution in [-0.2, 0) is 10.0 Å². The molecular weight excluding hydrogens is 414 g/mol. The van der Waals surface area contributed by atoms with E-state index >= 15 is 0 Å². The van der Waals surface area contributed by atoms with Gasteiger partial charge in [0.25, 0.3) is 5.91 Å². The van der Waals surface area contributed by atoms with Crippen LogP contribution in [0.15, 0.2) is 47.4 Å². The summed E-state index contributed by atoms with van der Waals surface area (Å²) >= 11 is 0. The van der Waals surface area contributed by atoms with Crippen molar-refractivity contribution in [2.24, 2.45) is 0 Å². The summed E-state index contributed by atoms with van der Waals surface area (Å²) in [4.78, 5) is 16.2. The van der Waals surface area contributed by atoms with Gasteiger partial charge in [-0.3, -0.25) is 4.79 Å². The molecule has 8 heteroatoms. The highest BCUT2D eigenvalue weighted by Crippen LogP contribution is 2.30. The number of aromatic amines is 1. The molecule has 2 aromatic carbocycles. The van der Waals surface area contributed by atoms with Gasteiger partial charge in [-0.15, -0.1) is 0 Å². The van der Waals surface area contributed by atoms with E-state index in [2.05, 4.69) is 10.3 Å². The molecule has 0 saturated carbocycles. The van der Waals surface area contributed by atoms with Gasteiger partial charge in [0.1, 0.15) is 10.6 Å². The number of nitrogens with zero attached hydrogens (tertiary/aromatic N) is 1. The molecule has 1 aliphatic rings. The summed E-state index contributed by atoms with van der Waals surface area (Å²) in [7, 11) is -2.32. The summed E-state index contributed by atoms with van der Waals surface area (Å²) < 4.78 is 33.4. The molecule has 0 unspecified atom stereocenters. The van der Waals surface area contributed by atoms with Gasteiger partial charge in [0, 0.05) is 40.9 Å². The number of fused-ring (bicyclic) bond motifs is 1. The van der Waals surface area contributed by atoms with Crippen LogP contribution in [0.25, 0.3) is 10.9 Å². The van der Waals surface area contributed by atoms with Crippen molar-refractivity contribution >= 4 is 32.5 Å². The molecule has 0 radical (unpaired) electrons. The summed E-state index contributed by atoms with van der Waals surface area (Å²) in [5.41, 5.74) is 2.94. The molecule has 0 bridgehead atoms. The van der Waals surface area contributed by atoms with E-state index in [9.17, 15) is 13.2 Å². The van der Waals surface area contributed by atoms with Crippen LogP contribution in [0.5, 0.6) is 5.75 Å². The van der Waals surface area contributed by atoms with Crippen LogP contribution in [0.3, 0.4) is 0 Å². The number of anilines is 1. The number of rotatable bonds is 5. The number of aryl methyl sites for hydroxylation is 1. The van der Waals surface area contributed by atoms with Crippen molar-refractivity contribution in [3.63, 3.8) is 0 Å². The van der Waals surface area contributed by atoms with Crippen LogP contribution >= 0.6 is 0 Å². The number of sulfonamides is 1. The first-order valence-corrected chi connectivity index (χ1v) is 11.9. The Morgan fingerprint density at radius 2 is 1.77 bits per heavy atom. The maximum atomic E-state index is 13.3. The lowest BCUT2D eigenvalue weighted by Crippen LogP contribution is -2.32. The monoisotopic (exact) mass is 441 g/mol. The first-order chi connectivity index (χ1) is 14.9. The second-order valence-corrected chi connectivity index (χ2v) is 9.80. The lowest BCUT2D eigenvalue weighted by atomic mass is 10.2. The highest BCUT2D eigenvalue weighted by molar-refractivity contribution is 7.89. The lowest BCUT2D eigenvalue weighted by Gasteiger charge is -2.21. The van der Waals surface area contributed by atoms with Gasteiger partial charge in [0.15, 0.2) is 0 Å². The summed E-state index contributed by atoms with van der Waals surface area (Å²) in [6.45, 7) is 2.94. The van der Waals surface area contributed by atoms with Gasteiger partial charge in [0.2, 0.25) is 10.0 Å². The Bertz CT molecular complexity index is 1210. The van der Waals surface area contributed by atoms with Crippen LogP contribution in [0.2, 0.25) is 0 Å². The third-order valence-corrected chi connectivity index (χ3v) is 7.54. The highest BCUT2D eigenvalue weighted by Gasteiger charge is 2.29. The molecule has 3 aromatic rings. The number of benzene rings is 2. The van der Waals surface area contributed by atoms with Crippen molar-refractivity contribution in [1.82, 2.24) is 9.29 Å². The van der Waals surface area contributed by atoms with Crippen molar-refractivity contribution in [2.75, 3.05) is 25.5 Å². The van der Waals surface area contributed by atoms with E-state index in [1.165, 1.54) is 17.5 Å². The molecule has 1 saturated heterocycles. The van der Waals surface area contributed by atoms with E-state index in [4.69, 9.17) is 4.74 Å². The molecule has 0 spiro atoms. The molecule has 2 N–H and O–H groups in total. The largest absolute Gasteiger partial charge is 0.495 e. The Morgan fingerprint density at radius 3 is 2.48 bits per heavy atom. The van der Waals surface area contributed by atoms with Gasteiger partial charge >= 0.3 is 0 Å². The zero-order valence-electron chi connectivity index (χ0n) is 17.8. The fraction of sp³-hybridized carbons (Fsp3) is 0.348. The molecule has 1 aromatic heterocycles. The van der Waals surface area contributed by atoms with E-state index < -0.39 is 10.0 Å². The maximum absolute atomic E-state index is 13.3. The van der Waals surface area contributed by atoms with Crippen LogP contribution in [0.1, 0.15) is 41.7 Å². The molecule has 1 fully saturated rings. The van der Waals surface area contributed by atoms with Crippen LogP contribution in [0.4, 0.5) is 5.69 Å². The zero-order chi connectivity index (χ0) is 22.0. The number of nitrogens with one attached hydrogen (secondary N) is 2. The first kappa shape index (κ1) is 21.4. The maximum Gasteiger partial charge on any atom is 0.255 e. The Morgan fingerprint density at radius 1 is 1.03 bits per heavy atom. The molecule has 31 heavy (non-hydrogen) atoms. The van der Waals surface area contributed by atoms with Crippen LogP contribution in [0, 0.1) is 6.92 Å². The van der Waals surface area contributed by atoms with Crippen molar-refractivity contribution in [1.29, 1.82) is 0 Å². The second kappa shape index (κ2) is 8.72. The number of hydrogen-bond acceptors (Lipinski definition) is 4. The number of methoxy groups -OCH3 is 1. The van der Waals surface area contributed by atoms with Crippen molar-refractivity contribution < 1.29 is 17.9 Å². The van der Waals surface area contributed by atoms with Crippen LogP contribution in [-0.4, -0.2) is 43.8 Å². The third-order valence-electron chi connectivity index (χ3n) is 5.62. The highest BCUT2D eigenvalue weighted by atomic mass is 32.2. The SMILES string of the molecule is COc1ccc(C(=O)Nc2ccc3[nH]c(C)cc3c2)cc1S(=O)(=O)N1CCCCCC1. The van der Waals surface area contributed by atoms with Gasteiger partial charge in [-0.25, -0.2) is 8.42 Å². The standard InChI is InChI=1S/C23H27N3O4S/c1-16-13-18-14-19(8-9-20(18)24-16)25-23(27)17-7-10-21(30-2)22(15-17)31(28,29)26-11-5-3-4-6-12-26/h7-10,13-15,24H,3-6,11-12H2,1-2H3,(H,25,27). The molecule has 164 valence electrons. The average Bonchev–Trinajstić information content (AvgIpc) is 2.93. The predicted octanol–water partition coefficient (Wildman–Crippen LogP) is 4.30. The molecule has 1 aliphatic heterocycles. The predicted molar refractivity (Wildman–Crippen MR) is 121 cm³/mol. The third kappa shape index (κ3) is 4.45. The number of carbonyl (C=O) groups excluding carboxylic acids is 1. The number of H-pyrrole nitrogens is 1. The number of carbonyl (C=O) groups is 1. The number of hydrogen-bond donors (Lipinski definition) is 2. The van der Waals surface area contributed by atoms with Gasteiger partial charge in [-0.1, -0.05) is 12.8 Å². The van der Waals surface area contributed by atoms with E-state index in [0.29, 0.717) is 18.8 Å². The number of aromatic nitrogens is 1. The van der Waals surface area contributed by atoms with Crippen molar-refractivity contribution in [3.8, 4) is 5.75 Å². The summed E-state index contributed by atoms with van der Waals surface area (Å²) in [5.74, 6) is -0.133. The second-order valence-electron chi connectivity index (χ2n) is 7.89. The van der Waals surface area contributed by atoms with E-state index in [-0.39, 0.29) is 22.1 Å². The molecule has 1 amide bonds. The van der Waals surface area contributed by atoms with Gasteiger partial charge in [-0.2, -0.15) is 4.31 Å². The Balaban J connectivity index is 1.63. The fourth-order valence-electron chi connectivity index (χ4n) is 4.00. The average molecular weight is 442 g/mol. The molecule has 7 nitrogen and oxygen atoms in total. The summed E-state index contributed by atoms with van der Waals surface area (Å²) in [6.07, 6.45) is 3.72. The summed E-state index contributed by atoms with van der Waals surface area (Å²) in [5, 5.41) is 3.86. The summed E-state index contributed by atoms with van der Waals surface area (Å²) in [6, 6.07) is 12.1. The quantitative estimate of drug-likeness (QED) is 0.617. The molecular formula is C23H27N3O4S. The first-order valence-electron chi connectivity index (χ1n) is 10.5. The number of ether oxygens (including phenoxy) is 1. The molecule has 0 atom stereocenters. The zero-order valence-corrected chi connectivity index (χ0v) is 18.6. The Hall–Kier alpha value is -2.84. The lowest BCUT2D eigenvalue weighted by molar-refractivity contribution is 0.102.